The third-order valence-electron chi connectivity index (χ3n) is 1.05. The number of hydrogen-bond donors (Lipinski definition) is 1. The highest BCUT2D eigenvalue weighted by Gasteiger charge is 2.16. The molecule has 0 radical (unpaired) electrons. The molecule has 2 atom stereocenters. The molecular weight excluding hydrogens is 120 g/mol. The van der Waals surface area contributed by atoms with Gasteiger partial charge in [0.2, 0.25) is 0 Å². The molecule has 0 saturated carbocycles. The Labute approximate surface area is 54.3 Å². The van der Waals surface area contributed by atoms with Crippen molar-refractivity contribution in [1.29, 1.82) is 0 Å². The van der Waals surface area contributed by atoms with Crippen LogP contribution in [0.15, 0.2) is 12.2 Å². The van der Waals surface area contributed by atoms with Gasteiger partial charge in [-0.1, -0.05) is 12.2 Å². The molecule has 1 N–H and O–H groups in total. The number of carbonyl (C=O) groups excluding carboxylic acids is 1. The Hall–Kier alpha value is -0.670. The fraction of sp³-hybridized carbons (Fsp3) is 0.500. The summed E-state index contributed by atoms with van der Waals surface area (Å²) >= 11 is 0. The van der Waals surface area contributed by atoms with Gasteiger partial charge in [0.25, 0.3) is 0 Å². The fourth-order valence-electron chi connectivity index (χ4n) is 0.619. The second-order valence-corrected chi connectivity index (χ2v) is 1.70. The lowest BCUT2D eigenvalue weighted by Gasteiger charge is -2.04. The van der Waals surface area contributed by atoms with Gasteiger partial charge in [-0.25, -0.2) is 0 Å². The summed E-state index contributed by atoms with van der Waals surface area (Å²) in [5.74, 6) is 0. The number of aliphatic hydroxyl groups is 1. The predicted octanol–water partition coefficient (Wildman–Crippen LogP) is -0.499. The van der Waals surface area contributed by atoms with Crippen LogP contribution in [0.3, 0.4) is 0 Å². The zero-order chi connectivity index (χ0) is 7.61. The number of ether oxygens (including phenoxy) is 1. The molecule has 0 aromatic heterocycles. The molecule has 0 aliphatic carbocycles. The van der Waals surface area contributed by atoms with Gasteiger partial charge < -0.3 is 14.6 Å². The third kappa shape index (κ3) is 1.37. The van der Waals surface area contributed by atoms with Crippen molar-refractivity contribution in [3.05, 3.63) is 12.2 Å². The third-order valence-corrected chi connectivity index (χ3v) is 1.05. The Morgan fingerprint density at radius 3 is 3.00 bits per heavy atom. The summed E-state index contributed by atoms with van der Waals surface area (Å²) in [6.45, 7) is -0.423. The van der Waals surface area contributed by atoms with E-state index < -0.39 is 18.8 Å². The molecule has 1 heterocycles. The first-order valence-corrected chi connectivity index (χ1v) is 2.63. The molecule has 0 spiro atoms. The lowest BCUT2D eigenvalue weighted by atomic mass is 10.3. The van der Waals surface area contributed by atoms with Crippen LogP contribution in [0, 0.1) is 0 Å². The van der Waals surface area contributed by atoms with Gasteiger partial charge in [-0.05, 0) is 0 Å². The first kappa shape index (κ1) is 5.14. The van der Waals surface area contributed by atoms with Crippen molar-refractivity contribution in [3.63, 3.8) is 0 Å². The quantitative estimate of drug-likeness (QED) is 0.404. The molecule has 1 aliphatic rings. The van der Waals surface area contributed by atoms with Crippen LogP contribution in [-0.4, -0.2) is 30.2 Å². The van der Waals surface area contributed by atoms with E-state index in [0.29, 0.717) is 6.29 Å². The van der Waals surface area contributed by atoms with Crippen LogP contribution in [0.2, 0.25) is 0 Å². The second kappa shape index (κ2) is 2.75. The van der Waals surface area contributed by atoms with E-state index in [1.165, 1.54) is 12.2 Å². The van der Waals surface area contributed by atoms with Crippen molar-refractivity contribution in [2.75, 3.05) is 6.61 Å². The number of rotatable bonds is 2. The van der Waals surface area contributed by atoms with E-state index in [2.05, 4.69) is 0 Å². The van der Waals surface area contributed by atoms with Crippen molar-refractivity contribution in [2.24, 2.45) is 0 Å². The minimum Gasteiger partial charge on any atom is -0.393 e. The van der Waals surface area contributed by atoms with Gasteiger partial charge >= 0.3 is 0 Å². The summed E-state index contributed by atoms with van der Waals surface area (Å²) in [6, 6.07) is 0. The maximum atomic E-state index is 10.1. The molecule has 0 fully saturated rings. The van der Waals surface area contributed by atoms with E-state index in [9.17, 15) is 4.79 Å². The average Bonchev–Trinajstić information content (AvgIpc) is 2.33. The van der Waals surface area contributed by atoms with E-state index in [-0.39, 0.29) is 0 Å². The normalized spacial score (nSPS) is 42.8. The standard InChI is InChI=1S/C6H8O3/c7-3-5-1-2-6(4-8)9-5/h1-3,5-6,8H,4H2/i6D. The van der Waals surface area contributed by atoms with Crippen LogP contribution in [-0.2, 0) is 9.53 Å². The van der Waals surface area contributed by atoms with Gasteiger partial charge in [-0.2, -0.15) is 0 Å². The van der Waals surface area contributed by atoms with Crippen LogP contribution in [0.4, 0.5) is 0 Å². The Balaban J connectivity index is 2.59. The minimum atomic E-state index is -1.40. The predicted molar refractivity (Wildman–Crippen MR) is 31.0 cm³/mol. The molecule has 50 valence electrons. The van der Waals surface area contributed by atoms with Crippen molar-refractivity contribution in [1.82, 2.24) is 0 Å². The van der Waals surface area contributed by atoms with Gasteiger partial charge in [-0.15, -0.1) is 0 Å². The molecule has 1 aliphatic heterocycles. The van der Waals surface area contributed by atoms with Crippen LogP contribution >= 0.6 is 0 Å². The average molecular weight is 129 g/mol. The molecule has 0 aromatic carbocycles. The van der Waals surface area contributed by atoms with Crippen LogP contribution < -0.4 is 0 Å². The molecule has 1 rings (SSSR count). The summed E-state index contributed by atoms with van der Waals surface area (Å²) in [5, 5.41) is 8.56. The monoisotopic (exact) mass is 129 g/mol. The van der Waals surface area contributed by atoms with Crippen molar-refractivity contribution < 1.29 is 16.0 Å². The van der Waals surface area contributed by atoms with Crippen LogP contribution in [0.25, 0.3) is 0 Å². The Morgan fingerprint density at radius 1 is 1.89 bits per heavy atom. The van der Waals surface area contributed by atoms with Crippen LogP contribution in [0.5, 0.6) is 0 Å². The summed E-state index contributed by atoms with van der Waals surface area (Å²) < 4.78 is 12.0. The molecule has 0 saturated heterocycles. The lowest BCUT2D eigenvalue weighted by molar-refractivity contribution is -0.116. The molecule has 0 amide bonds. The molecule has 2 unspecified atom stereocenters. The lowest BCUT2D eigenvalue weighted by Crippen LogP contribution is -2.16. The summed E-state index contributed by atoms with van der Waals surface area (Å²) in [5.41, 5.74) is 0. The fourth-order valence-corrected chi connectivity index (χ4v) is 0.619. The largest absolute Gasteiger partial charge is 0.393 e. The van der Waals surface area contributed by atoms with E-state index in [1.807, 2.05) is 0 Å². The smallest absolute Gasteiger partial charge is 0.152 e. The number of aldehydes is 1. The maximum Gasteiger partial charge on any atom is 0.152 e. The SMILES string of the molecule is [2H]C1(CO)C=CC(C=O)O1. The molecule has 3 heteroatoms. The van der Waals surface area contributed by atoms with E-state index in [1.54, 1.807) is 0 Å². The van der Waals surface area contributed by atoms with Gasteiger partial charge in [0, 0.05) is 0 Å². The van der Waals surface area contributed by atoms with E-state index in [0.717, 1.165) is 0 Å². The highest BCUT2D eigenvalue weighted by Crippen LogP contribution is 2.07. The van der Waals surface area contributed by atoms with Gasteiger partial charge in [0.1, 0.15) is 12.2 Å². The first-order valence-electron chi connectivity index (χ1n) is 3.13. The molecule has 0 aromatic rings. The molecule has 0 bridgehead atoms. The summed E-state index contributed by atoms with van der Waals surface area (Å²) in [6.07, 6.45) is 1.35. The topological polar surface area (TPSA) is 46.5 Å². The molecule has 9 heavy (non-hydrogen) atoms. The van der Waals surface area contributed by atoms with Gasteiger partial charge in [-0.3, -0.25) is 0 Å². The van der Waals surface area contributed by atoms with Crippen molar-refractivity contribution in [3.8, 4) is 0 Å². The molecular formula is C6H8O3. The van der Waals surface area contributed by atoms with Crippen molar-refractivity contribution in [2.45, 2.75) is 12.2 Å². The Bertz CT molecular complexity index is 168. The van der Waals surface area contributed by atoms with Crippen molar-refractivity contribution >= 4 is 6.29 Å². The minimum absolute atomic E-state index is 0.423. The summed E-state index contributed by atoms with van der Waals surface area (Å²) in [4.78, 5) is 10.1. The number of carbonyl (C=O) groups is 1. The van der Waals surface area contributed by atoms with Gasteiger partial charge in [0.05, 0.1) is 7.98 Å². The highest BCUT2D eigenvalue weighted by molar-refractivity contribution is 5.60. The number of hydrogen-bond acceptors (Lipinski definition) is 3. The first-order chi connectivity index (χ1) is 4.70. The van der Waals surface area contributed by atoms with Crippen LogP contribution in [0.1, 0.15) is 1.37 Å². The Kier molecular flexibility index (Phi) is 1.57. The molecule has 3 nitrogen and oxygen atoms in total. The number of aliphatic hydroxyl groups excluding tert-OH is 1. The maximum absolute atomic E-state index is 10.1. The zero-order valence-electron chi connectivity index (χ0n) is 5.78. The highest BCUT2D eigenvalue weighted by atomic mass is 16.5. The van der Waals surface area contributed by atoms with Gasteiger partial charge in [0.15, 0.2) is 6.29 Å². The second-order valence-electron chi connectivity index (χ2n) is 1.70. The Morgan fingerprint density at radius 2 is 2.67 bits per heavy atom. The van der Waals surface area contributed by atoms with E-state index in [4.69, 9.17) is 11.2 Å². The van der Waals surface area contributed by atoms with E-state index >= 15 is 0 Å². The zero-order valence-corrected chi connectivity index (χ0v) is 4.78. The summed E-state index contributed by atoms with van der Waals surface area (Å²) in [7, 11) is 0.